The van der Waals surface area contributed by atoms with Crippen LogP contribution in [0.2, 0.25) is 5.02 Å². The number of alkyl halides is 3. The van der Waals surface area contributed by atoms with Gasteiger partial charge in [0, 0.05) is 41.2 Å². The summed E-state index contributed by atoms with van der Waals surface area (Å²) < 4.78 is 71.9. The highest BCUT2D eigenvalue weighted by Crippen LogP contribution is 2.48. The lowest BCUT2D eigenvalue weighted by Gasteiger charge is -2.19. The average molecular weight is 817 g/mol. The first-order valence-electron chi connectivity index (χ1n) is 16.4. The number of aromatic nitrogens is 3. The molecular weight excluding hydrogens is 785 g/mol. The van der Waals surface area contributed by atoms with Gasteiger partial charge in [0.05, 0.1) is 17.5 Å². The molecular formula is C35H32ClF3N8O8S. The summed E-state index contributed by atoms with van der Waals surface area (Å²) in [4.78, 5) is 66.1. The molecule has 294 valence electrons. The van der Waals surface area contributed by atoms with Gasteiger partial charge in [-0.2, -0.15) is 28.1 Å². The number of rotatable bonds is 14. The number of ether oxygens (including phenoxy) is 2. The Morgan fingerprint density at radius 3 is 2.21 bits per heavy atom. The van der Waals surface area contributed by atoms with Crippen LogP contribution in [0.5, 0.6) is 6.01 Å². The minimum atomic E-state index is -4.66. The van der Waals surface area contributed by atoms with Crippen LogP contribution >= 0.6 is 11.6 Å². The second kappa shape index (κ2) is 17.1. The van der Waals surface area contributed by atoms with Crippen molar-refractivity contribution >= 4 is 74.1 Å². The van der Waals surface area contributed by atoms with Gasteiger partial charge in [0.25, 0.3) is 5.91 Å². The van der Waals surface area contributed by atoms with Crippen LogP contribution in [-0.4, -0.2) is 85.5 Å². The number of benzene rings is 3. The minimum absolute atomic E-state index is 0.0162. The van der Waals surface area contributed by atoms with Gasteiger partial charge in [0.15, 0.2) is 16.4 Å². The highest BCUT2D eigenvalue weighted by Gasteiger charge is 2.45. The van der Waals surface area contributed by atoms with E-state index in [0.29, 0.717) is 23.6 Å². The van der Waals surface area contributed by atoms with Crippen molar-refractivity contribution in [1.29, 1.82) is 0 Å². The van der Waals surface area contributed by atoms with Crippen LogP contribution in [0.4, 0.5) is 36.4 Å². The predicted molar refractivity (Wildman–Crippen MR) is 197 cm³/mol. The van der Waals surface area contributed by atoms with Crippen molar-refractivity contribution in [2.45, 2.75) is 35.9 Å². The van der Waals surface area contributed by atoms with Gasteiger partial charge >= 0.3 is 30.0 Å². The zero-order chi connectivity index (χ0) is 40.7. The van der Waals surface area contributed by atoms with Gasteiger partial charge in [0.2, 0.25) is 11.9 Å². The van der Waals surface area contributed by atoms with Crippen LogP contribution in [0.15, 0.2) is 82.7 Å². The van der Waals surface area contributed by atoms with Crippen LogP contribution in [0, 0.1) is 0 Å². The Balaban J connectivity index is 1.23. The molecule has 0 bridgehead atoms. The maximum Gasteiger partial charge on any atom is 0.422 e. The van der Waals surface area contributed by atoms with Crippen LogP contribution in [0.1, 0.15) is 35.2 Å². The molecule has 0 radical (unpaired) electrons. The van der Waals surface area contributed by atoms with Gasteiger partial charge in [-0.3, -0.25) is 14.4 Å². The Bertz CT molecular complexity index is 2270. The summed E-state index contributed by atoms with van der Waals surface area (Å²) in [5, 5.41) is 11.1. The maximum atomic E-state index is 13.0. The van der Waals surface area contributed by atoms with E-state index in [1.165, 1.54) is 48.5 Å². The van der Waals surface area contributed by atoms with Gasteiger partial charge in [-0.15, -0.1) is 0 Å². The minimum Gasteiger partial charge on any atom is -0.465 e. The number of aliphatic imine (C=N–C) groups is 1. The first kappa shape index (κ1) is 41.0. The molecule has 1 aliphatic carbocycles. The Kier molecular flexibility index (Phi) is 12.5. The van der Waals surface area contributed by atoms with Gasteiger partial charge in [0.1, 0.15) is 5.71 Å². The molecule has 0 spiro atoms. The third-order valence-corrected chi connectivity index (χ3v) is 9.26. The van der Waals surface area contributed by atoms with Crippen LogP contribution < -0.4 is 26.0 Å². The molecule has 1 aliphatic rings. The molecule has 4 N–H and O–H groups in total. The predicted octanol–water partition coefficient (Wildman–Crippen LogP) is 4.61. The summed E-state index contributed by atoms with van der Waals surface area (Å²) in [5.41, 5.74) is 0.306. The standard InChI is InChI=1S/C35H32ClF3N8O8S/c1-54-30(51)26(14-17-40-28(49)29(50)41-24-4-3-5-25(18-24)56(2,52)53)43-27(48)20-6-12-23(13-7-20)42-31-44-32(46-33(45-31)55-19-35(37,38)39)47-34(15-16-34)21-8-10-22(36)11-9-21/h3-13,18H,14-17,19H2,1-2H3,(H,40,49)(H,41,50)(H2,42,44,45,46,47). The highest BCUT2D eigenvalue weighted by molar-refractivity contribution is 7.90. The van der Waals surface area contributed by atoms with Crippen molar-refractivity contribution in [2.75, 3.05) is 42.5 Å². The van der Waals surface area contributed by atoms with Crippen molar-refractivity contribution in [2.24, 2.45) is 4.99 Å². The summed E-state index contributed by atoms with van der Waals surface area (Å²) in [7, 11) is -2.51. The van der Waals surface area contributed by atoms with E-state index in [1.54, 1.807) is 12.1 Å². The number of halogens is 4. The smallest absolute Gasteiger partial charge is 0.422 e. The second-order valence-corrected chi connectivity index (χ2v) is 14.7. The van der Waals surface area contributed by atoms with Gasteiger partial charge < -0.3 is 30.7 Å². The summed E-state index contributed by atoms with van der Waals surface area (Å²) in [6.45, 7) is -1.95. The largest absolute Gasteiger partial charge is 0.465 e. The topological polar surface area (TPSA) is 220 Å². The highest BCUT2D eigenvalue weighted by atomic mass is 35.5. The Labute approximate surface area is 322 Å². The van der Waals surface area contributed by atoms with E-state index in [4.69, 9.17) is 21.1 Å². The van der Waals surface area contributed by atoms with E-state index in [9.17, 15) is 40.8 Å². The number of carbonyl (C=O) groups excluding carboxylic acids is 4. The molecule has 0 unspecified atom stereocenters. The number of esters is 1. The SMILES string of the molecule is COC(=O)C(CCNC(=O)C(=O)Nc1cccc(S(C)(=O)=O)c1)=NC(=O)c1ccc(Nc2nc(NC3(c4ccc(Cl)cc4)CC3)nc(OCC(F)(F)F)n2)cc1. The molecule has 21 heteroatoms. The quantitative estimate of drug-likeness (QED) is 0.0777. The third kappa shape index (κ3) is 11.4. The fraction of sp³-hybridized carbons (Fsp3) is 0.257. The normalized spacial score (nSPS) is 13.6. The number of sulfone groups is 1. The number of hydrogen-bond acceptors (Lipinski definition) is 13. The monoisotopic (exact) mass is 816 g/mol. The van der Waals surface area contributed by atoms with E-state index in [0.717, 1.165) is 18.9 Å². The van der Waals surface area contributed by atoms with Crippen molar-refractivity contribution < 1.29 is 50.2 Å². The fourth-order valence-corrected chi connectivity index (χ4v) is 5.77. The molecule has 16 nitrogen and oxygen atoms in total. The van der Waals surface area contributed by atoms with Crippen LogP contribution in [-0.2, 0) is 34.5 Å². The maximum absolute atomic E-state index is 13.0. The second-order valence-electron chi connectivity index (χ2n) is 12.2. The molecule has 4 aromatic rings. The molecule has 56 heavy (non-hydrogen) atoms. The molecule has 0 saturated heterocycles. The number of hydrogen-bond donors (Lipinski definition) is 4. The van der Waals surface area contributed by atoms with Crippen molar-refractivity contribution in [3.63, 3.8) is 0 Å². The van der Waals surface area contributed by atoms with Crippen molar-refractivity contribution in [3.05, 3.63) is 88.9 Å². The number of anilines is 4. The summed E-state index contributed by atoms with van der Waals surface area (Å²) >= 11 is 6.02. The number of carbonyl (C=O) groups is 4. The number of nitrogens with zero attached hydrogens (tertiary/aromatic N) is 4. The molecule has 1 saturated carbocycles. The molecule has 1 fully saturated rings. The molecule has 0 aliphatic heterocycles. The lowest BCUT2D eigenvalue weighted by atomic mass is 10.1. The summed E-state index contributed by atoms with van der Waals surface area (Å²) in [6.07, 6.45) is -2.60. The van der Waals surface area contributed by atoms with E-state index in [1.807, 2.05) is 12.1 Å². The third-order valence-electron chi connectivity index (χ3n) is 7.90. The first-order chi connectivity index (χ1) is 26.4. The number of methoxy groups -OCH3 is 1. The van der Waals surface area contributed by atoms with E-state index in [2.05, 4.69) is 41.2 Å². The molecule has 5 rings (SSSR count). The van der Waals surface area contributed by atoms with Crippen molar-refractivity contribution in [1.82, 2.24) is 20.3 Å². The lowest BCUT2D eigenvalue weighted by molar-refractivity contribution is -0.154. The average Bonchev–Trinajstić information content (AvgIpc) is 3.93. The number of amides is 3. The zero-order valence-corrected chi connectivity index (χ0v) is 31.0. The molecule has 3 amide bonds. The van der Waals surface area contributed by atoms with Gasteiger partial charge in [-0.25, -0.2) is 18.2 Å². The van der Waals surface area contributed by atoms with Gasteiger partial charge in [-0.05, 0) is 73.0 Å². The first-order valence-corrected chi connectivity index (χ1v) is 18.7. The van der Waals surface area contributed by atoms with Crippen molar-refractivity contribution in [3.8, 4) is 6.01 Å². The number of nitrogens with one attached hydrogen (secondary N) is 4. The van der Waals surface area contributed by atoms with Crippen LogP contribution in [0.3, 0.4) is 0 Å². The zero-order valence-electron chi connectivity index (χ0n) is 29.4. The van der Waals surface area contributed by atoms with Crippen LogP contribution in [0.25, 0.3) is 0 Å². The van der Waals surface area contributed by atoms with E-state index in [-0.39, 0.29) is 46.7 Å². The lowest BCUT2D eigenvalue weighted by Crippen LogP contribution is -2.37. The Morgan fingerprint density at radius 2 is 1.59 bits per heavy atom. The van der Waals surface area contributed by atoms with E-state index < -0.39 is 57.9 Å². The molecule has 0 atom stereocenters. The Hall–Kier alpha value is -6.15. The fourth-order valence-electron chi connectivity index (χ4n) is 4.97. The molecule has 1 aromatic heterocycles. The molecule has 3 aromatic carbocycles. The summed E-state index contributed by atoms with van der Waals surface area (Å²) in [6, 6.07) is 17.3. The molecule has 1 heterocycles. The van der Waals surface area contributed by atoms with E-state index >= 15 is 0 Å². The Morgan fingerprint density at radius 1 is 0.911 bits per heavy atom. The van der Waals surface area contributed by atoms with Gasteiger partial charge in [-0.1, -0.05) is 29.8 Å². The summed E-state index contributed by atoms with van der Waals surface area (Å²) in [5.74, 6) is -4.29.